The molecule has 1 atom stereocenters. The van der Waals surface area contributed by atoms with E-state index >= 15 is 4.39 Å². The third kappa shape index (κ3) is 4.12. The summed E-state index contributed by atoms with van der Waals surface area (Å²) in [7, 11) is 3.40. The third-order valence-corrected chi connectivity index (χ3v) is 7.31. The number of hydrogen-bond acceptors (Lipinski definition) is 6. The van der Waals surface area contributed by atoms with Crippen molar-refractivity contribution in [1.82, 2.24) is 24.3 Å². The number of hydrogen-bond donors (Lipinski definition) is 0. The van der Waals surface area contributed by atoms with Crippen molar-refractivity contribution >= 4 is 16.7 Å². The number of aromatic nitrogens is 5. The van der Waals surface area contributed by atoms with Crippen LogP contribution < -0.4 is 10.5 Å². The van der Waals surface area contributed by atoms with Crippen LogP contribution in [0.25, 0.3) is 22.2 Å². The number of ether oxygens (including phenoxy) is 1. The van der Waals surface area contributed by atoms with Gasteiger partial charge >= 0.3 is 6.18 Å². The largest absolute Gasteiger partial charge is 0.416 e. The van der Waals surface area contributed by atoms with E-state index in [1.165, 1.54) is 4.57 Å². The van der Waals surface area contributed by atoms with Crippen LogP contribution in [0, 0.1) is 12.7 Å². The first-order chi connectivity index (χ1) is 17.9. The maximum absolute atomic E-state index is 15.2. The van der Waals surface area contributed by atoms with Crippen LogP contribution in [0.3, 0.4) is 0 Å². The highest BCUT2D eigenvalue weighted by atomic mass is 19.4. The van der Waals surface area contributed by atoms with E-state index in [1.807, 2.05) is 18.1 Å². The van der Waals surface area contributed by atoms with Crippen LogP contribution >= 0.6 is 0 Å². The summed E-state index contributed by atoms with van der Waals surface area (Å²) in [5.74, 6) is -0.330. The lowest BCUT2D eigenvalue weighted by Crippen LogP contribution is -2.46. The quantitative estimate of drug-likeness (QED) is 0.369. The van der Waals surface area contributed by atoms with Crippen molar-refractivity contribution in [2.45, 2.75) is 37.6 Å². The molecule has 4 aromatic rings. The first kappa shape index (κ1) is 24.5. The van der Waals surface area contributed by atoms with Crippen LogP contribution in [0.1, 0.15) is 35.9 Å². The predicted octanol–water partition coefficient (Wildman–Crippen LogP) is 4.31. The molecule has 1 aliphatic carbocycles. The van der Waals surface area contributed by atoms with Crippen molar-refractivity contribution in [2.75, 3.05) is 18.0 Å². The molecular weight excluding hydrogens is 504 g/mol. The summed E-state index contributed by atoms with van der Waals surface area (Å²) < 4.78 is 64.2. The van der Waals surface area contributed by atoms with Gasteiger partial charge < -0.3 is 9.64 Å². The molecule has 1 saturated heterocycles. The Bertz CT molecular complexity index is 1640. The van der Waals surface area contributed by atoms with E-state index in [0.717, 1.165) is 30.5 Å². The van der Waals surface area contributed by atoms with Gasteiger partial charge in [0, 0.05) is 38.0 Å². The number of halogens is 4. The van der Waals surface area contributed by atoms with Crippen LogP contribution in [0.4, 0.5) is 23.4 Å². The summed E-state index contributed by atoms with van der Waals surface area (Å²) in [6.07, 6.45) is 0.332. The summed E-state index contributed by atoms with van der Waals surface area (Å²) in [4.78, 5) is 24.4. The fourth-order valence-electron chi connectivity index (χ4n) is 4.96. The lowest BCUT2D eigenvalue weighted by atomic mass is 10.0. The molecule has 3 aromatic heterocycles. The highest BCUT2D eigenvalue weighted by molar-refractivity contribution is 5.93. The molecule has 0 unspecified atom stereocenters. The van der Waals surface area contributed by atoms with Crippen molar-refractivity contribution in [3.8, 4) is 11.3 Å². The molecule has 0 radical (unpaired) electrons. The average Bonchev–Trinajstić information content (AvgIpc) is 3.45. The van der Waals surface area contributed by atoms with Crippen molar-refractivity contribution in [2.24, 2.45) is 14.1 Å². The highest BCUT2D eigenvalue weighted by Gasteiger charge is 2.51. The van der Waals surface area contributed by atoms with Gasteiger partial charge in [-0.25, -0.2) is 14.4 Å². The monoisotopic (exact) mass is 528 g/mol. The number of fused-ring (bicyclic) bond motifs is 1. The van der Waals surface area contributed by atoms with Gasteiger partial charge in [-0.3, -0.25) is 14.0 Å². The molecule has 0 bridgehead atoms. The first-order valence-corrected chi connectivity index (χ1v) is 12.1. The third-order valence-electron chi connectivity index (χ3n) is 7.31. The van der Waals surface area contributed by atoms with Crippen LogP contribution in [0.2, 0.25) is 0 Å². The standard InChI is InChI=1S/C26H24F4N6O2/c1-14-32-23-18(24(37)35(14)3)9-21(33-22(23)17-5-4-16(8-19(17)27)26(28,29)30)36-12-20(15-10-31-34(2)11-15)38-25(13-36)6-7-25/h4-5,8-11,20H,6-7,12-13H2,1-3H3/t20-/m0/s1. The number of pyridine rings is 1. The Morgan fingerprint density at radius 1 is 1.13 bits per heavy atom. The molecule has 1 aromatic carbocycles. The Balaban J connectivity index is 1.52. The molecule has 6 rings (SSSR count). The minimum Gasteiger partial charge on any atom is -0.363 e. The van der Waals surface area contributed by atoms with Gasteiger partial charge in [0.2, 0.25) is 0 Å². The summed E-state index contributed by atoms with van der Waals surface area (Å²) in [5, 5.41) is 4.45. The van der Waals surface area contributed by atoms with Crippen LogP contribution in [0.5, 0.6) is 0 Å². The van der Waals surface area contributed by atoms with Crippen LogP contribution in [-0.2, 0) is 25.0 Å². The van der Waals surface area contributed by atoms with E-state index in [2.05, 4.69) is 10.1 Å². The minimum absolute atomic E-state index is 0.0128. The predicted molar refractivity (Wildman–Crippen MR) is 131 cm³/mol. The van der Waals surface area contributed by atoms with Crippen molar-refractivity contribution in [3.63, 3.8) is 0 Å². The van der Waals surface area contributed by atoms with Gasteiger partial charge in [-0.05, 0) is 44.0 Å². The topological polar surface area (TPSA) is 78.1 Å². The van der Waals surface area contributed by atoms with E-state index in [9.17, 15) is 18.0 Å². The van der Waals surface area contributed by atoms with Gasteiger partial charge in [0.1, 0.15) is 34.8 Å². The zero-order chi connectivity index (χ0) is 27.0. The SMILES string of the molecule is Cc1nc2c(-c3ccc(C(F)(F)F)cc3F)nc(N3C[C@@H](c4cnn(C)c4)OC4(CC4)C3)cc2c(=O)n1C. The number of aryl methyl sites for hydroxylation is 2. The lowest BCUT2D eigenvalue weighted by Gasteiger charge is -2.39. The second kappa shape index (κ2) is 8.35. The van der Waals surface area contributed by atoms with E-state index in [-0.39, 0.29) is 39.4 Å². The van der Waals surface area contributed by atoms with Crippen molar-refractivity contribution in [1.29, 1.82) is 0 Å². The Morgan fingerprint density at radius 2 is 1.89 bits per heavy atom. The summed E-state index contributed by atoms with van der Waals surface area (Å²) in [6, 6.07) is 3.91. The molecule has 0 N–H and O–H groups in total. The second-order valence-electron chi connectivity index (χ2n) is 10.1. The number of nitrogens with zero attached hydrogens (tertiary/aromatic N) is 6. The van der Waals surface area contributed by atoms with Crippen molar-refractivity contribution < 1.29 is 22.3 Å². The van der Waals surface area contributed by atoms with Gasteiger partial charge in [-0.15, -0.1) is 0 Å². The summed E-state index contributed by atoms with van der Waals surface area (Å²) in [6.45, 7) is 2.54. The molecule has 2 fully saturated rings. The molecule has 1 aliphatic heterocycles. The van der Waals surface area contributed by atoms with Crippen molar-refractivity contribution in [3.05, 3.63) is 69.8 Å². The number of anilines is 1. The van der Waals surface area contributed by atoms with E-state index < -0.39 is 17.6 Å². The number of rotatable bonds is 3. The molecule has 8 nitrogen and oxygen atoms in total. The van der Waals surface area contributed by atoms with E-state index in [4.69, 9.17) is 9.72 Å². The molecule has 2 aliphatic rings. The molecular formula is C26H24F4N6O2. The zero-order valence-electron chi connectivity index (χ0n) is 20.9. The van der Waals surface area contributed by atoms with Gasteiger partial charge in [0.15, 0.2) is 0 Å². The average molecular weight is 529 g/mol. The van der Waals surface area contributed by atoms with Crippen LogP contribution in [0.15, 0.2) is 41.5 Å². The normalized spacial score (nSPS) is 18.9. The number of morpholine rings is 1. The minimum atomic E-state index is -4.70. The molecule has 12 heteroatoms. The van der Waals surface area contributed by atoms with Gasteiger partial charge in [-0.2, -0.15) is 18.3 Å². The van der Waals surface area contributed by atoms with E-state index in [1.54, 1.807) is 30.9 Å². The summed E-state index contributed by atoms with van der Waals surface area (Å²) in [5.41, 5.74) is -0.962. The molecule has 1 saturated carbocycles. The molecule has 0 amide bonds. The second-order valence-corrected chi connectivity index (χ2v) is 10.1. The Kier molecular flexibility index (Phi) is 5.39. The first-order valence-electron chi connectivity index (χ1n) is 12.1. The van der Waals surface area contributed by atoms with E-state index in [0.29, 0.717) is 30.8 Å². The Morgan fingerprint density at radius 3 is 2.53 bits per heavy atom. The zero-order valence-corrected chi connectivity index (χ0v) is 20.9. The smallest absolute Gasteiger partial charge is 0.363 e. The van der Waals surface area contributed by atoms with Gasteiger partial charge in [0.25, 0.3) is 5.56 Å². The maximum Gasteiger partial charge on any atom is 0.416 e. The molecule has 1 spiro atoms. The lowest BCUT2D eigenvalue weighted by molar-refractivity contribution is -0.137. The Hall–Kier alpha value is -3.80. The highest BCUT2D eigenvalue weighted by Crippen LogP contribution is 2.48. The molecule has 38 heavy (non-hydrogen) atoms. The number of alkyl halides is 3. The summed E-state index contributed by atoms with van der Waals surface area (Å²) >= 11 is 0. The fourth-order valence-corrected chi connectivity index (χ4v) is 4.96. The molecule has 198 valence electrons. The van der Waals surface area contributed by atoms with Gasteiger partial charge in [-0.1, -0.05) is 0 Å². The fraction of sp³-hybridized carbons (Fsp3) is 0.385. The molecule has 4 heterocycles. The van der Waals surface area contributed by atoms with Gasteiger partial charge in [0.05, 0.1) is 29.3 Å². The Labute approximate surface area is 214 Å². The van der Waals surface area contributed by atoms with Crippen LogP contribution in [-0.4, -0.2) is 43.0 Å². The maximum atomic E-state index is 15.2. The number of benzene rings is 1.